The van der Waals surface area contributed by atoms with Crippen LogP contribution in [0.15, 0.2) is 24.7 Å². The van der Waals surface area contributed by atoms with E-state index in [1.807, 2.05) is 6.92 Å². The Hall–Kier alpha value is -2.08. The zero-order valence-electron chi connectivity index (χ0n) is 11.4. The molecule has 0 unspecified atom stereocenters. The van der Waals surface area contributed by atoms with Crippen LogP contribution in [0.4, 0.5) is 5.82 Å². The fraction of sp³-hybridized carbons (Fsp3) is 0.308. The van der Waals surface area contributed by atoms with Gasteiger partial charge in [-0.1, -0.05) is 11.6 Å². The van der Waals surface area contributed by atoms with Crippen LogP contribution in [0.25, 0.3) is 0 Å². The molecule has 0 aliphatic rings. The molecule has 20 heavy (non-hydrogen) atoms. The Morgan fingerprint density at radius 2 is 2.30 bits per heavy atom. The molecule has 0 aliphatic carbocycles. The van der Waals surface area contributed by atoms with Crippen molar-refractivity contribution in [3.05, 3.63) is 41.1 Å². The number of nitrogens with zero attached hydrogens (tertiary/aromatic N) is 3. The monoisotopic (exact) mass is 293 g/mol. The summed E-state index contributed by atoms with van der Waals surface area (Å²) in [7, 11) is 1.70. The summed E-state index contributed by atoms with van der Waals surface area (Å²) in [6.45, 7) is 3.08. The van der Waals surface area contributed by atoms with Gasteiger partial charge in [-0.05, 0) is 13.0 Å². The van der Waals surface area contributed by atoms with E-state index in [2.05, 4.69) is 20.3 Å². The standard InChI is InChI=1S/C13H16ClN5O/c1-3-15-11-6-9(10(14)7-18-11)13(20)19(2)8-12-16-4-5-17-12/h4-7H,3,8H2,1-2H3,(H,15,18)(H,16,17). The highest BCUT2D eigenvalue weighted by Crippen LogP contribution is 2.20. The minimum absolute atomic E-state index is 0.173. The molecular formula is C13H16ClN5O. The minimum Gasteiger partial charge on any atom is -0.370 e. The number of halogens is 1. The van der Waals surface area contributed by atoms with Crippen LogP contribution in [0.5, 0.6) is 0 Å². The van der Waals surface area contributed by atoms with E-state index in [9.17, 15) is 4.79 Å². The Labute approximate surface area is 122 Å². The lowest BCUT2D eigenvalue weighted by Gasteiger charge is -2.17. The first-order valence-electron chi connectivity index (χ1n) is 6.25. The van der Waals surface area contributed by atoms with E-state index < -0.39 is 0 Å². The summed E-state index contributed by atoms with van der Waals surface area (Å²) >= 11 is 6.06. The molecule has 0 saturated carbocycles. The van der Waals surface area contributed by atoms with Gasteiger partial charge in [0.15, 0.2) is 0 Å². The maximum Gasteiger partial charge on any atom is 0.255 e. The van der Waals surface area contributed by atoms with Crippen molar-refractivity contribution in [3.63, 3.8) is 0 Å². The fourth-order valence-electron chi connectivity index (χ4n) is 1.77. The second kappa shape index (κ2) is 6.38. The molecule has 7 heteroatoms. The van der Waals surface area contributed by atoms with Gasteiger partial charge in [0.2, 0.25) is 0 Å². The van der Waals surface area contributed by atoms with Crippen molar-refractivity contribution < 1.29 is 4.79 Å². The molecule has 106 valence electrons. The van der Waals surface area contributed by atoms with Gasteiger partial charge in [-0.15, -0.1) is 0 Å². The first-order chi connectivity index (χ1) is 9.61. The van der Waals surface area contributed by atoms with Crippen LogP contribution in [0, 0.1) is 0 Å². The lowest BCUT2D eigenvalue weighted by molar-refractivity contribution is 0.0782. The third-order valence-electron chi connectivity index (χ3n) is 2.73. The second-order valence-corrected chi connectivity index (χ2v) is 4.68. The predicted molar refractivity (Wildman–Crippen MR) is 77.8 cm³/mol. The van der Waals surface area contributed by atoms with E-state index in [4.69, 9.17) is 11.6 Å². The zero-order chi connectivity index (χ0) is 14.5. The molecule has 0 aromatic carbocycles. The largest absolute Gasteiger partial charge is 0.370 e. The van der Waals surface area contributed by atoms with Gasteiger partial charge in [-0.25, -0.2) is 9.97 Å². The number of hydrogen-bond acceptors (Lipinski definition) is 4. The number of aromatic amines is 1. The number of carbonyl (C=O) groups is 1. The third-order valence-corrected chi connectivity index (χ3v) is 3.03. The Morgan fingerprint density at radius 3 is 2.95 bits per heavy atom. The van der Waals surface area contributed by atoms with Crippen LogP contribution < -0.4 is 5.32 Å². The summed E-state index contributed by atoms with van der Waals surface area (Å²) in [5.41, 5.74) is 0.423. The third kappa shape index (κ3) is 3.27. The molecule has 2 aromatic rings. The number of imidazole rings is 1. The van der Waals surface area contributed by atoms with Gasteiger partial charge in [-0.3, -0.25) is 4.79 Å². The SMILES string of the molecule is CCNc1cc(C(=O)N(C)Cc2ncc[nH]2)c(Cl)cn1. The van der Waals surface area contributed by atoms with Crippen LogP contribution in [0.1, 0.15) is 23.1 Å². The highest BCUT2D eigenvalue weighted by Gasteiger charge is 2.17. The average Bonchev–Trinajstić information content (AvgIpc) is 2.93. The molecule has 2 rings (SSSR count). The molecule has 2 N–H and O–H groups in total. The number of pyridine rings is 1. The van der Waals surface area contributed by atoms with Gasteiger partial charge in [0.05, 0.1) is 17.1 Å². The number of aromatic nitrogens is 3. The lowest BCUT2D eigenvalue weighted by Crippen LogP contribution is -2.27. The molecule has 6 nitrogen and oxygen atoms in total. The summed E-state index contributed by atoms with van der Waals surface area (Å²) < 4.78 is 0. The molecule has 2 aromatic heterocycles. The van der Waals surface area contributed by atoms with Crippen LogP contribution in [-0.4, -0.2) is 39.4 Å². The van der Waals surface area contributed by atoms with Crippen LogP contribution in [0.2, 0.25) is 5.02 Å². The second-order valence-electron chi connectivity index (χ2n) is 4.28. The minimum atomic E-state index is -0.173. The summed E-state index contributed by atoms with van der Waals surface area (Å²) in [5, 5.41) is 3.39. The average molecular weight is 294 g/mol. The first kappa shape index (κ1) is 14.3. The Bertz CT molecular complexity index is 584. The van der Waals surface area contributed by atoms with E-state index in [1.165, 1.54) is 6.20 Å². The van der Waals surface area contributed by atoms with E-state index in [0.717, 1.165) is 12.4 Å². The number of nitrogens with one attached hydrogen (secondary N) is 2. The number of anilines is 1. The van der Waals surface area contributed by atoms with Gasteiger partial charge >= 0.3 is 0 Å². The summed E-state index contributed by atoms with van der Waals surface area (Å²) in [4.78, 5) is 25.1. The fourth-order valence-corrected chi connectivity index (χ4v) is 1.95. The molecule has 1 amide bonds. The van der Waals surface area contributed by atoms with Crippen molar-refractivity contribution in [1.29, 1.82) is 0 Å². The van der Waals surface area contributed by atoms with Crippen LogP contribution >= 0.6 is 11.6 Å². The van der Waals surface area contributed by atoms with Crippen LogP contribution in [-0.2, 0) is 6.54 Å². The highest BCUT2D eigenvalue weighted by atomic mass is 35.5. The van der Waals surface area contributed by atoms with Crippen molar-refractivity contribution in [1.82, 2.24) is 19.9 Å². The Kier molecular flexibility index (Phi) is 4.57. The summed E-state index contributed by atoms with van der Waals surface area (Å²) in [6, 6.07) is 1.66. The van der Waals surface area contributed by atoms with E-state index in [1.54, 1.807) is 30.4 Å². The maximum atomic E-state index is 12.4. The van der Waals surface area contributed by atoms with Crippen molar-refractivity contribution in [2.24, 2.45) is 0 Å². The van der Waals surface area contributed by atoms with Crippen molar-refractivity contribution in [2.75, 3.05) is 18.9 Å². The molecule has 0 aliphatic heterocycles. The first-order valence-corrected chi connectivity index (χ1v) is 6.62. The summed E-state index contributed by atoms with van der Waals surface area (Å²) in [5.74, 6) is 1.18. The smallest absolute Gasteiger partial charge is 0.255 e. The molecule has 0 bridgehead atoms. The Balaban J connectivity index is 2.17. The van der Waals surface area contributed by atoms with Gasteiger partial charge < -0.3 is 15.2 Å². The van der Waals surface area contributed by atoms with Gasteiger partial charge in [0.1, 0.15) is 11.6 Å². The maximum absolute atomic E-state index is 12.4. The zero-order valence-corrected chi connectivity index (χ0v) is 12.1. The normalized spacial score (nSPS) is 10.3. The van der Waals surface area contributed by atoms with E-state index >= 15 is 0 Å². The van der Waals surface area contributed by atoms with Crippen molar-refractivity contribution in [3.8, 4) is 0 Å². The quantitative estimate of drug-likeness (QED) is 0.886. The van der Waals surface area contributed by atoms with Crippen molar-refractivity contribution >= 4 is 23.3 Å². The van der Waals surface area contributed by atoms with Crippen molar-refractivity contribution in [2.45, 2.75) is 13.5 Å². The number of rotatable bonds is 5. The molecule has 0 spiro atoms. The summed E-state index contributed by atoms with van der Waals surface area (Å²) in [6.07, 6.45) is 4.85. The number of hydrogen-bond donors (Lipinski definition) is 2. The number of H-pyrrole nitrogens is 1. The van der Waals surface area contributed by atoms with E-state index in [0.29, 0.717) is 22.9 Å². The van der Waals surface area contributed by atoms with E-state index in [-0.39, 0.29) is 5.91 Å². The predicted octanol–water partition coefficient (Wildman–Crippen LogP) is 2.16. The Morgan fingerprint density at radius 1 is 1.50 bits per heavy atom. The highest BCUT2D eigenvalue weighted by molar-refractivity contribution is 6.33. The molecular weight excluding hydrogens is 278 g/mol. The van der Waals surface area contributed by atoms with Gasteiger partial charge in [-0.2, -0.15) is 0 Å². The number of carbonyl (C=O) groups excluding carboxylic acids is 1. The van der Waals surface area contributed by atoms with Gasteiger partial charge in [0, 0.05) is 32.2 Å². The van der Waals surface area contributed by atoms with Crippen LogP contribution in [0.3, 0.4) is 0 Å². The molecule has 0 saturated heterocycles. The van der Waals surface area contributed by atoms with Gasteiger partial charge in [0.25, 0.3) is 5.91 Å². The molecule has 0 fully saturated rings. The topological polar surface area (TPSA) is 73.9 Å². The molecule has 2 heterocycles. The molecule has 0 radical (unpaired) electrons. The molecule has 0 atom stereocenters. The lowest BCUT2D eigenvalue weighted by atomic mass is 10.2. The number of amides is 1.